The second-order valence-electron chi connectivity index (χ2n) is 3.75. The second-order valence-corrected chi connectivity index (χ2v) is 3.75. The number of rotatable bonds is 2. The fraction of sp³-hybridized carbons (Fsp3) is 0.154. The standard InChI is InChI=1S/C13H11NO3/c1-16-11-6-8(7-15)14-12-9-4-2-3-5-10(9)17-13(11)12/h2-6,15H,7H2,1H3. The number of benzene rings is 1. The Morgan fingerprint density at radius 2 is 2.18 bits per heavy atom. The van der Waals surface area contributed by atoms with Crippen LogP contribution in [0.1, 0.15) is 5.69 Å². The molecule has 2 heterocycles. The maximum atomic E-state index is 9.18. The number of nitrogens with zero attached hydrogens (tertiary/aromatic N) is 1. The number of fused-ring (bicyclic) bond motifs is 3. The molecule has 3 rings (SSSR count). The quantitative estimate of drug-likeness (QED) is 0.733. The molecule has 4 heteroatoms. The summed E-state index contributed by atoms with van der Waals surface area (Å²) in [5, 5.41) is 10.1. The Morgan fingerprint density at radius 3 is 2.94 bits per heavy atom. The maximum absolute atomic E-state index is 9.18. The van der Waals surface area contributed by atoms with Crippen molar-refractivity contribution in [2.24, 2.45) is 0 Å². The summed E-state index contributed by atoms with van der Waals surface area (Å²) in [7, 11) is 1.57. The minimum atomic E-state index is -0.119. The third-order valence-corrected chi connectivity index (χ3v) is 2.73. The molecule has 0 bridgehead atoms. The van der Waals surface area contributed by atoms with E-state index in [1.165, 1.54) is 0 Å². The molecule has 3 aromatic rings. The number of pyridine rings is 1. The van der Waals surface area contributed by atoms with E-state index >= 15 is 0 Å². The zero-order chi connectivity index (χ0) is 11.8. The van der Waals surface area contributed by atoms with Crippen LogP contribution in [0.2, 0.25) is 0 Å². The van der Waals surface area contributed by atoms with Gasteiger partial charge in [-0.1, -0.05) is 12.1 Å². The highest BCUT2D eigenvalue weighted by Gasteiger charge is 2.13. The van der Waals surface area contributed by atoms with Crippen LogP contribution in [0, 0.1) is 0 Å². The molecule has 0 atom stereocenters. The molecule has 0 saturated carbocycles. The van der Waals surface area contributed by atoms with Crippen LogP contribution >= 0.6 is 0 Å². The summed E-state index contributed by atoms with van der Waals surface area (Å²) >= 11 is 0. The average molecular weight is 229 g/mol. The molecule has 17 heavy (non-hydrogen) atoms. The third kappa shape index (κ3) is 1.45. The zero-order valence-corrected chi connectivity index (χ0v) is 9.30. The molecule has 1 N–H and O–H groups in total. The molecule has 4 nitrogen and oxygen atoms in total. The van der Waals surface area contributed by atoms with E-state index in [0.29, 0.717) is 17.0 Å². The number of ether oxygens (including phenoxy) is 1. The number of aromatic nitrogens is 1. The number of hydrogen-bond donors (Lipinski definition) is 1. The van der Waals surface area contributed by atoms with Crippen LogP contribution in [0.15, 0.2) is 34.7 Å². The molecule has 0 aliphatic heterocycles. The molecule has 0 radical (unpaired) electrons. The fourth-order valence-corrected chi connectivity index (χ4v) is 1.94. The first kappa shape index (κ1) is 10.1. The minimum Gasteiger partial charge on any atom is -0.493 e. The molecule has 0 fully saturated rings. The molecule has 0 aliphatic carbocycles. The molecular formula is C13H11NO3. The van der Waals surface area contributed by atoms with Crippen LogP contribution in [0.4, 0.5) is 0 Å². The first-order valence-electron chi connectivity index (χ1n) is 5.29. The van der Waals surface area contributed by atoms with Crippen molar-refractivity contribution in [1.29, 1.82) is 0 Å². The van der Waals surface area contributed by atoms with Gasteiger partial charge in [-0.3, -0.25) is 0 Å². The van der Waals surface area contributed by atoms with Crippen molar-refractivity contribution in [3.63, 3.8) is 0 Å². The summed E-state index contributed by atoms with van der Waals surface area (Å²) in [6.07, 6.45) is 0. The number of aliphatic hydroxyl groups is 1. The number of para-hydroxylation sites is 1. The van der Waals surface area contributed by atoms with E-state index in [9.17, 15) is 5.11 Å². The maximum Gasteiger partial charge on any atom is 0.195 e. The van der Waals surface area contributed by atoms with Gasteiger partial charge in [0.2, 0.25) is 0 Å². The lowest BCUT2D eigenvalue weighted by Crippen LogP contribution is -1.92. The number of furan rings is 1. The van der Waals surface area contributed by atoms with Gasteiger partial charge in [0.05, 0.1) is 19.4 Å². The monoisotopic (exact) mass is 229 g/mol. The molecule has 0 unspecified atom stereocenters. The first-order chi connectivity index (χ1) is 8.33. The van der Waals surface area contributed by atoms with Gasteiger partial charge in [0.1, 0.15) is 11.1 Å². The van der Waals surface area contributed by atoms with Crippen LogP contribution in [-0.4, -0.2) is 17.2 Å². The van der Waals surface area contributed by atoms with Crippen molar-refractivity contribution in [3.8, 4) is 5.75 Å². The van der Waals surface area contributed by atoms with Crippen LogP contribution in [-0.2, 0) is 6.61 Å². The summed E-state index contributed by atoms with van der Waals surface area (Å²) < 4.78 is 11.0. The van der Waals surface area contributed by atoms with E-state index in [-0.39, 0.29) is 6.61 Å². The van der Waals surface area contributed by atoms with Crippen molar-refractivity contribution in [2.45, 2.75) is 6.61 Å². The molecule has 86 valence electrons. The fourth-order valence-electron chi connectivity index (χ4n) is 1.94. The Labute approximate surface area is 97.4 Å². The van der Waals surface area contributed by atoms with E-state index < -0.39 is 0 Å². The van der Waals surface area contributed by atoms with E-state index in [1.54, 1.807) is 13.2 Å². The lowest BCUT2D eigenvalue weighted by atomic mass is 10.2. The third-order valence-electron chi connectivity index (χ3n) is 2.73. The lowest BCUT2D eigenvalue weighted by Gasteiger charge is -2.02. The van der Waals surface area contributed by atoms with Crippen LogP contribution in [0.3, 0.4) is 0 Å². The summed E-state index contributed by atoms with van der Waals surface area (Å²) in [6.45, 7) is -0.119. The van der Waals surface area contributed by atoms with Crippen molar-refractivity contribution >= 4 is 22.1 Å². The number of methoxy groups -OCH3 is 1. The molecule has 0 saturated heterocycles. The molecule has 0 aliphatic rings. The van der Waals surface area contributed by atoms with Gasteiger partial charge in [-0.15, -0.1) is 0 Å². The van der Waals surface area contributed by atoms with Crippen LogP contribution in [0.5, 0.6) is 5.75 Å². The highest BCUT2D eigenvalue weighted by molar-refractivity contribution is 6.04. The Hall–Kier alpha value is -2.07. The Morgan fingerprint density at radius 1 is 1.35 bits per heavy atom. The van der Waals surface area contributed by atoms with Crippen molar-refractivity contribution in [1.82, 2.24) is 4.98 Å². The minimum absolute atomic E-state index is 0.119. The molecule has 0 spiro atoms. The normalized spacial score (nSPS) is 11.2. The topological polar surface area (TPSA) is 55.5 Å². The number of hydrogen-bond acceptors (Lipinski definition) is 4. The molecular weight excluding hydrogens is 218 g/mol. The lowest BCUT2D eigenvalue weighted by molar-refractivity contribution is 0.276. The Kier molecular flexibility index (Phi) is 2.23. The van der Waals surface area contributed by atoms with Gasteiger partial charge in [-0.2, -0.15) is 0 Å². The number of aliphatic hydroxyl groups excluding tert-OH is 1. The highest BCUT2D eigenvalue weighted by atomic mass is 16.5. The van der Waals surface area contributed by atoms with E-state index in [1.807, 2.05) is 24.3 Å². The first-order valence-corrected chi connectivity index (χ1v) is 5.29. The van der Waals surface area contributed by atoms with E-state index in [4.69, 9.17) is 9.15 Å². The predicted octanol–water partition coefficient (Wildman–Crippen LogP) is 2.48. The van der Waals surface area contributed by atoms with Gasteiger partial charge in [-0.05, 0) is 12.1 Å². The van der Waals surface area contributed by atoms with Gasteiger partial charge in [0, 0.05) is 11.5 Å². The SMILES string of the molecule is COc1cc(CO)nc2c1oc1ccccc12. The largest absolute Gasteiger partial charge is 0.493 e. The van der Waals surface area contributed by atoms with E-state index in [0.717, 1.165) is 16.5 Å². The summed E-state index contributed by atoms with van der Waals surface area (Å²) in [5.41, 5.74) is 2.68. The van der Waals surface area contributed by atoms with Gasteiger partial charge in [0.15, 0.2) is 11.3 Å². The Balaban J connectivity index is 2.47. The van der Waals surface area contributed by atoms with Crippen molar-refractivity contribution < 1.29 is 14.3 Å². The molecule has 2 aromatic heterocycles. The van der Waals surface area contributed by atoms with Gasteiger partial charge >= 0.3 is 0 Å². The van der Waals surface area contributed by atoms with Crippen molar-refractivity contribution in [3.05, 3.63) is 36.0 Å². The summed E-state index contributed by atoms with van der Waals surface area (Å²) in [5.74, 6) is 0.593. The van der Waals surface area contributed by atoms with E-state index in [2.05, 4.69) is 4.98 Å². The average Bonchev–Trinajstić information content (AvgIpc) is 2.76. The second kappa shape index (κ2) is 3.75. The van der Waals surface area contributed by atoms with Crippen LogP contribution < -0.4 is 4.74 Å². The Bertz CT molecular complexity index is 688. The highest BCUT2D eigenvalue weighted by Crippen LogP contribution is 2.33. The van der Waals surface area contributed by atoms with Gasteiger partial charge in [-0.25, -0.2) is 4.98 Å². The van der Waals surface area contributed by atoms with Gasteiger partial charge < -0.3 is 14.3 Å². The molecule has 1 aromatic carbocycles. The van der Waals surface area contributed by atoms with Crippen molar-refractivity contribution in [2.75, 3.05) is 7.11 Å². The molecule has 0 amide bonds. The smallest absolute Gasteiger partial charge is 0.195 e. The summed E-state index contributed by atoms with van der Waals surface area (Å²) in [4.78, 5) is 4.37. The predicted molar refractivity (Wildman–Crippen MR) is 64.0 cm³/mol. The summed E-state index contributed by atoms with van der Waals surface area (Å²) in [6, 6.07) is 9.34. The van der Waals surface area contributed by atoms with Gasteiger partial charge in [0.25, 0.3) is 0 Å². The van der Waals surface area contributed by atoms with Crippen LogP contribution in [0.25, 0.3) is 22.1 Å². The zero-order valence-electron chi connectivity index (χ0n) is 9.30.